The quantitative estimate of drug-likeness (QED) is 0.422. The van der Waals surface area contributed by atoms with Gasteiger partial charge in [-0.1, -0.05) is 60.1 Å². The second kappa shape index (κ2) is 10.9. The van der Waals surface area contributed by atoms with Crippen molar-refractivity contribution in [1.82, 2.24) is 9.78 Å². The number of nitrogens with zero attached hydrogens (tertiary/aromatic N) is 2. The first-order chi connectivity index (χ1) is 15.4. The van der Waals surface area contributed by atoms with Crippen LogP contribution in [-0.4, -0.2) is 26.9 Å². The molecule has 0 radical (unpaired) electrons. The molecule has 0 aliphatic rings. The van der Waals surface area contributed by atoms with Gasteiger partial charge in [0.25, 0.3) is 0 Å². The lowest BCUT2D eigenvalue weighted by Crippen LogP contribution is -2.13. The second-order valence-corrected chi connectivity index (χ2v) is 8.15. The molecule has 0 unspecified atom stereocenters. The molecule has 8 heteroatoms. The highest BCUT2D eigenvalue weighted by Crippen LogP contribution is 2.20. The van der Waals surface area contributed by atoms with Crippen molar-refractivity contribution in [3.8, 4) is 0 Å². The van der Waals surface area contributed by atoms with E-state index in [0.29, 0.717) is 25.1 Å². The van der Waals surface area contributed by atoms with Crippen LogP contribution in [0.4, 0.5) is 10.5 Å². The minimum Gasteiger partial charge on any atom is -0.481 e. The Kier molecular flexibility index (Phi) is 8.05. The normalized spacial score (nSPS) is 10.7. The predicted molar refractivity (Wildman–Crippen MR) is 126 cm³/mol. The van der Waals surface area contributed by atoms with Crippen molar-refractivity contribution in [1.29, 1.82) is 0 Å². The number of aryl methyl sites for hydroxylation is 1. The number of nitrogens with one attached hydrogen (secondary N) is 1. The number of anilines is 1. The van der Waals surface area contributed by atoms with Crippen LogP contribution in [0, 0.1) is 0 Å². The zero-order valence-corrected chi connectivity index (χ0v) is 19.7. The number of ether oxygens (including phenoxy) is 1. The van der Waals surface area contributed by atoms with Crippen LogP contribution in [-0.2, 0) is 41.9 Å². The Hall–Kier alpha value is -3.13. The van der Waals surface area contributed by atoms with Gasteiger partial charge in [-0.2, -0.15) is 5.10 Å². The molecule has 0 saturated carbocycles. The fourth-order valence-electron chi connectivity index (χ4n) is 3.53. The number of aromatic nitrogens is 2. The summed E-state index contributed by atoms with van der Waals surface area (Å²) < 4.78 is 8.06. The molecule has 0 aliphatic carbocycles. The number of carboxylic acids is 1. The Morgan fingerprint density at radius 3 is 2.44 bits per heavy atom. The van der Waals surface area contributed by atoms with Crippen LogP contribution in [0.15, 0.2) is 53.0 Å². The Morgan fingerprint density at radius 2 is 1.81 bits per heavy atom. The van der Waals surface area contributed by atoms with E-state index in [9.17, 15) is 14.7 Å². The molecule has 0 saturated heterocycles. The van der Waals surface area contributed by atoms with E-state index in [1.165, 1.54) is 0 Å². The fourth-order valence-corrected chi connectivity index (χ4v) is 3.93. The third kappa shape index (κ3) is 5.97. The van der Waals surface area contributed by atoms with Gasteiger partial charge in [-0.05, 0) is 36.6 Å². The summed E-state index contributed by atoms with van der Waals surface area (Å²) in [6, 6.07) is 15.0. The minimum atomic E-state index is -0.851. The predicted octanol–water partition coefficient (Wildman–Crippen LogP) is 5.19. The van der Waals surface area contributed by atoms with Crippen molar-refractivity contribution in [2.24, 2.45) is 0 Å². The summed E-state index contributed by atoms with van der Waals surface area (Å²) in [7, 11) is 0. The number of halogens is 1. The van der Waals surface area contributed by atoms with E-state index < -0.39 is 12.1 Å². The molecule has 1 heterocycles. The Morgan fingerprint density at radius 1 is 1.09 bits per heavy atom. The summed E-state index contributed by atoms with van der Waals surface area (Å²) in [6.07, 6.45) is 0.850. The number of rotatable bonds is 9. The third-order valence-electron chi connectivity index (χ3n) is 5.10. The molecule has 0 bridgehead atoms. The van der Waals surface area contributed by atoms with Crippen LogP contribution in [0.3, 0.4) is 0 Å². The van der Waals surface area contributed by atoms with Gasteiger partial charge in [-0.3, -0.25) is 14.8 Å². The standard InChI is InChI=1S/C24H26BrN3O4/c1-3-21-19(13-23(29)30)22(4-2)28(27-21)14-16-9-11-18(12-10-16)26-24(31)32-15-17-7-5-6-8-20(17)25/h5-12H,3-4,13-15H2,1-2H3,(H,26,31)(H,29,30). The summed E-state index contributed by atoms with van der Waals surface area (Å²) in [6.45, 7) is 4.68. The van der Waals surface area contributed by atoms with Crippen LogP contribution in [0.2, 0.25) is 0 Å². The molecule has 1 amide bonds. The van der Waals surface area contributed by atoms with Crippen molar-refractivity contribution in [2.75, 3.05) is 5.32 Å². The van der Waals surface area contributed by atoms with Crippen molar-refractivity contribution in [3.63, 3.8) is 0 Å². The lowest BCUT2D eigenvalue weighted by atomic mass is 10.1. The zero-order valence-electron chi connectivity index (χ0n) is 18.1. The number of hydrogen-bond acceptors (Lipinski definition) is 4. The van der Waals surface area contributed by atoms with Gasteiger partial charge in [0.1, 0.15) is 6.61 Å². The first kappa shape index (κ1) is 23.5. The van der Waals surface area contributed by atoms with E-state index in [1.54, 1.807) is 0 Å². The van der Waals surface area contributed by atoms with Crippen LogP contribution in [0.5, 0.6) is 0 Å². The monoisotopic (exact) mass is 499 g/mol. The van der Waals surface area contributed by atoms with Gasteiger partial charge in [-0.15, -0.1) is 0 Å². The molecule has 0 atom stereocenters. The molecule has 2 aromatic carbocycles. The number of carboxylic acid groups (broad SMARTS) is 1. The summed E-state index contributed by atoms with van der Waals surface area (Å²) in [5, 5.41) is 16.6. The van der Waals surface area contributed by atoms with E-state index in [-0.39, 0.29) is 13.0 Å². The number of hydrogen-bond donors (Lipinski definition) is 2. The van der Waals surface area contributed by atoms with Gasteiger partial charge in [0.2, 0.25) is 0 Å². The highest BCUT2D eigenvalue weighted by Gasteiger charge is 2.18. The average molecular weight is 500 g/mol. The Labute approximate surface area is 195 Å². The summed E-state index contributed by atoms with van der Waals surface area (Å²) in [5.74, 6) is -0.851. The molecule has 168 valence electrons. The molecule has 32 heavy (non-hydrogen) atoms. The molecular formula is C24H26BrN3O4. The van der Waals surface area contributed by atoms with Gasteiger partial charge >= 0.3 is 12.1 Å². The van der Waals surface area contributed by atoms with Crippen LogP contribution >= 0.6 is 15.9 Å². The molecule has 0 spiro atoms. The van der Waals surface area contributed by atoms with Gasteiger partial charge < -0.3 is 9.84 Å². The minimum absolute atomic E-state index is 0.0170. The Bertz CT molecular complexity index is 1090. The average Bonchev–Trinajstić information content (AvgIpc) is 3.09. The number of benzene rings is 2. The van der Waals surface area contributed by atoms with E-state index in [1.807, 2.05) is 67.1 Å². The molecule has 1 aromatic heterocycles. The highest BCUT2D eigenvalue weighted by atomic mass is 79.9. The van der Waals surface area contributed by atoms with E-state index >= 15 is 0 Å². The molecule has 7 nitrogen and oxygen atoms in total. The number of aliphatic carboxylic acids is 1. The largest absolute Gasteiger partial charge is 0.481 e. The van der Waals surface area contributed by atoms with Crippen LogP contribution in [0.25, 0.3) is 0 Å². The third-order valence-corrected chi connectivity index (χ3v) is 5.87. The second-order valence-electron chi connectivity index (χ2n) is 7.30. The molecule has 0 fully saturated rings. The SMILES string of the molecule is CCc1nn(Cc2ccc(NC(=O)OCc3ccccc3Br)cc2)c(CC)c1CC(=O)O. The summed E-state index contributed by atoms with van der Waals surface area (Å²) in [4.78, 5) is 23.4. The van der Waals surface area contributed by atoms with E-state index in [0.717, 1.165) is 32.6 Å². The van der Waals surface area contributed by atoms with Crippen molar-refractivity contribution in [2.45, 2.75) is 46.3 Å². The maximum Gasteiger partial charge on any atom is 0.411 e. The topological polar surface area (TPSA) is 93.5 Å². The summed E-state index contributed by atoms with van der Waals surface area (Å²) >= 11 is 3.43. The van der Waals surface area contributed by atoms with Crippen LogP contribution < -0.4 is 5.32 Å². The zero-order chi connectivity index (χ0) is 23.1. The molecule has 3 rings (SSSR count). The van der Waals surface area contributed by atoms with Gasteiger partial charge in [0, 0.05) is 27.0 Å². The fraction of sp³-hybridized carbons (Fsp3) is 0.292. The number of amides is 1. The first-order valence-corrected chi connectivity index (χ1v) is 11.3. The van der Waals surface area contributed by atoms with Crippen molar-refractivity contribution in [3.05, 3.63) is 81.1 Å². The first-order valence-electron chi connectivity index (χ1n) is 10.5. The number of carbonyl (C=O) groups is 2. The van der Waals surface area contributed by atoms with Gasteiger partial charge in [-0.25, -0.2) is 4.79 Å². The maximum absolute atomic E-state index is 12.1. The smallest absolute Gasteiger partial charge is 0.411 e. The van der Waals surface area contributed by atoms with Crippen molar-refractivity contribution >= 4 is 33.7 Å². The molecule has 3 aromatic rings. The summed E-state index contributed by atoms with van der Waals surface area (Å²) in [5.41, 5.74) is 5.10. The van der Waals surface area contributed by atoms with Gasteiger partial charge in [0.05, 0.1) is 18.7 Å². The molecular weight excluding hydrogens is 474 g/mol. The lowest BCUT2D eigenvalue weighted by Gasteiger charge is -2.10. The lowest BCUT2D eigenvalue weighted by molar-refractivity contribution is -0.136. The molecule has 2 N–H and O–H groups in total. The Balaban J connectivity index is 1.63. The van der Waals surface area contributed by atoms with E-state index in [4.69, 9.17) is 4.74 Å². The maximum atomic E-state index is 12.1. The van der Waals surface area contributed by atoms with Crippen LogP contribution in [0.1, 0.15) is 41.9 Å². The number of carbonyl (C=O) groups excluding carboxylic acids is 1. The van der Waals surface area contributed by atoms with E-state index in [2.05, 4.69) is 26.3 Å². The van der Waals surface area contributed by atoms with Crippen molar-refractivity contribution < 1.29 is 19.4 Å². The highest BCUT2D eigenvalue weighted by molar-refractivity contribution is 9.10. The molecule has 0 aliphatic heterocycles. The van der Waals surface area contributed by atoms with Gasteiger partial charge in [0.15, 0.2) is 0 Å².